The molecule has 8 heteroatoms. The Hall–Kier alpha value is -2.03. The number of hydrogen-bond donors (Lipinski definition) is 2. The Balaban J connectivity index is 1.88. The van der Waals surface area contributed by atoms with E-state index in [1.54, 1.807) is 33.8 Å². The number of methoxy groups -OCH3 is 1. The third-order valence-electron chi connectivity index (χ3n) is 9.32. The molecular weight excluding hydrogens is 464 g/mol. The van der Waals surface area contributed by atoms with Gasteiger partial charge in [0.05, 0.1) is 11.0 Å². The average molecular weight is 505 g/mol. The summed E-state index contributed by atoms with van der Waals surface area (Å²) in [6.07, 6.45) is 2.79. The quantitative estimate of drug-likeness (QED) is 0.443. The number of ketones is 1. The van der Waals surface area contributed by atoms with Crippen LogP contribution in [0, 0.1) is 34.5 Å². The van der Waals surface area contributed by atoms with E-state index in [4.69, 9.17) is 14.2 Å². The van der Waals surface area contributed by atoms with Crippen LogP contribution in [0.2, 0.25) is 0 Å². The Morgan fingerprint density at radius 3 is 2.31 bits per heavy atom. The summed E-state index contributed by atoms with van der Waals surface area (Å²) in [7, 11) is 1.53. The normalized spacial score (nSPS) is 42.8. The number of carbonyl (C=O) groups is 3. The first-order valence-electron chi connectivity index (χ1n) is 12.7. The van der Waals surface area contributed by atoms with Crippen molar-refractivity contribution < 1.29 is 38.8 Å². The molecule has 2 saturated carbocycles. The predicted octanol–water partition coefficient (Wildman–Crippen LogP) is 2.75. The summed E-state index contributed by atoms with van der Waals surface area (Å²) < 4.78 is 17.5. The van der Waals surface area contributed by atoms with E-state index in [1.807, 2.05) is 26.8 Å². The van der Waals surface area contributed by atoms with E-state index >= 15 is 0 Å². The molecule has 0 saturated heterocycles. The van der Waals surface area contributed by atoms with E-state index in [0.29, 0.717) is 11.1 Å². The van der Waals surface area contributed by atoms with Crippen LogP contribution in [0.3, 0.4) is 0 Å². The lowest BCUT2D eigenvalue weighted by atomic mass is 9.59. The molecule has 1 unspecified atom stereocenters. The fourth-order valence-corrected chi connectivity index (χ4v) is 7.62. The standard InChI is InChI=1S/C28H40O8/c1-14-10-19-26(32,21(14)30)12-17(13-35-23(31)24(4,5)6)11-18-20-25(7,8)28(20,36-16(3)29)22(34-9)15(2)27(18,19)33/h10-11,15,18-20,22,32-33H,12-13H2,1-9H3/t15-,18+,19-,20-,22-,26-,27-,28?/m1/s1. The number of fused-ring (bicyclic) bond motifs is 5. The first kappa shape index (κ1) is 27.0. The molecule has 4 rings (SSSR count). The van der Waals surface area contributed by atoms with Crippen molar-refractivity contribution in [2.24, 2.45) is 34.5 Å². The fraction of sp³-hybridized carbons (Fsp3) is 0.750. The van der Waals surface area contributed by atoms with E-state index < -0.39 is 69.2 Å². The molecule has 0 aliphatic heterocycles. The van der Waals surface area contributed by atoms with E-state index in [-0.39, 0.29) is 18.9 Å². The van der Waals surface area contributed by atoms with Crippen LogP contribution in [0.5, 0.6) is 0 Å². The van der Waals surface area contributed by atoms with Gasteiger partial charge in [0.2, 0.25) is 0 Å². The van der Waals surface area contributed by atoms with Gasteiger partial charge in [-0.3, -0.25) is 14.4 Å². The van der Waals surface area contributed by atoms with Crippen LogP contribution in [-0.4, -0.2) is 64.6 Å². The third-order valence-corrected chi connectivity index (χ3v) is 9.32. The highest BCUT2D eigenvalue weighted by atomic mass is 16.6. The van der Waals surface area contributed by atoms with Crippen molar-refractivity contribution in [1.82, 2.24) is 0 Å². The Morgan fingerprint density at radius 2 is 1.78 bits per heavy atom. The molecule has 0 radical (unpaired) electrons. The van der Waals surface area contributed by atoms with E-state index in [9.17, 15) is 24.6 Å². The first-order chi connectivity index (χ1) is 16.4. The van der Waals surface area contributed by atoms with Gasteiger partial charge >= 0.3 is 11.9 Å². The van der Waals surface area contributed by atoms with Crippen molar-refractivity contribution >= 4 is 17.7 Å². The Kier molecular flexibility index (Phi) is 5.99. The number of esters is 2. The molecule has 0 amide bonds. The molecule has 2 fully saturated rings. The first-order valence-corrected chi connectivity index (χ1v) is 12.7. The van der Waals surface area contributed by atoms with E-state index in [2.05, 4.69) is 0 Å². The lowest BCUT2D eigenvalue weighted by Gasteiger charge is -2.53. The zero-order chi connectivity index (χ0) is 27.2. The summed E-state index contributed by atoms with van der Waals surface area (Å²) in [5.74, 6) is -3.74. The van der Waals surface area contributed by atoms with Crippen LogP contribution in [-0.2, 0) is 28.6 Å². The maximum atomic E-state index is 13.3. The number of Topliss-reactive ketones (excluding diaryl/α,β-unsaturated/α-hetero) is 1. The second-order valence-corrected chi connectivity index (χ2v) is 12.9. The largest absolute Gasteiger partial charge is 0.461 e. The lowest BCUT2D eigenvalue weighted by molar-refractivity contribution is -0.224. The highest BCUT2D eigenvalue weighted by Crippen LogP contribution is 2.77. The zero-order valence-corrected chi connectivity index (χ0v) is 22.8. The van der Waals surface area contributed by atoms with Crippen LogP contribution < -0.4 is 0 Å². The van der Waals surface area contributed by atoms with Crippen molar-refractivity contribution in [3.8, 4) is 0 Å². The summed E-state index contributed by atoms with van der Waals surface area (Å²) in [5.41, 5.74) is -4.80. The molecule has 0 aromatic heterocycles. The summed E-state index contributed by atoms with van der Waals surface area (Å²) >= 11 is 0. The third kappa shape index (κ3) is 3.33. The molecule has 8 atom stereocenters. The maximum absolute atomic E-state index is 13.3. The van der Waals surface area contributed by atoms with Crippen LogP contribution in [0.4, 0.5) is 0 Å². The molecule has 0 aromatic carbocycles. The number of rotatable bonds is 4. The van der Waals surface area contributed by atoms with Gasteiger partial charge in [-0.25, -0.2) is 0 Å². The van der Waals surface area contributed by atoms with Gasteiger partial charge in [0, 0.05) is 49.5 Å². The molecule has 200 valence electrons. The molecule has 0 bridgehead atoms. The molecule has 0 aromatic rings. The Bertz CT molecular complexity index is 1060. The number of ether oxygens (including phenoxy) is 3. The van der Waals surface area contributed by atoms with Gasteiger partial charge in [-0.05, 0) is 38.8 Å². The lowest BCUT2D eigenvalue weighted by Crippen LogP contribution is -2.65. The molecule has 4 aliphatic rings. The molecule has 4 aliphatic carbocycles. The summed E-state index contributed by atoms with van der Waals surface area (Å²) in [4.78, 5) is 38.1. The van der Waals surface area contributed by atoms with Gasteiger partial charge < -0.3 is 24.4 Å². The minimum absolute atomic E-state index is 0.0708. The highest BCUT2D eigenvalue weighted by Gasteiger charge is 2.87. The second kappa shape index (κ2) is 7.98. The Labute approximate surface area is 213 Å². The minimum atomic E-state index is -1.89. The fourth-order valence-electron chi connectivity index (χ4n) is 7.62. The van der Waals surface area contributed by atoms with Crippen LogP contribution in [0.15, 0.2) is 23.3 Å². The highest BCUT2D eigenvalue weighted by molar-refractivity contribution is 6.04. The SMILES string of the molecule is CO[C@@H]1[C@@H](C)[C@@]2(O)[C@@H](C=C(COC(=O)C(C)(C)C)C[C@]3(O)C(=O)C(C)=C[C@@H]23)[C@@H]2C(C)(C)C12OC(C)=O. The maximum Gasteiger partial charge on any atom is 0.311 e. The molecule has 36 heavy (non-hydrogen) atoms. The van der Waals surface area contributed by atoms with Gasteiger partial charge in [0.15, 0.2) is 5.78 Å². The zero-order valence-electron chi connectivity index (χ0n) is 22.8. The molecule has 8 nitrogen and oxygen atoms in total. The summed E-state index contributed by atoms with van der Waals surface area (Å²) in [6, 6.07) is 0. The van der Waals surface area contributed by atoms with Crippen molar-refractivity contribution in [1.29, 1.82) is 0 Å². The minimum Gasteiger partial charge on any atom is -0.461 e. The van der Waals surface area contributed by atoms with Crippen molar-refractivity contribution in [3.05, 3.63) is 23.3 Å². The van der Waals surface area contributed by atoms with Gasteiger partial charge in [-0.15, -0.1) is 0 Å². The van der Waals surface area contributed by atoms with Crippen LogP contribution >= 0.6 is 0 Å². The molecule has 0 heterocycles. The van der Waals surface area contributed by atoms with Gasteiger partial charge in [0.25, 0.3) is 0 Å². The number of aliphatic hydroxyl groups is 2. The van der Waals surface area contributed by atoms with Gasteiger partial charge in [-0.2, -0.15) is 0 Å². The van der Waals surface area contributed by atoms with Crippen molar-refractivity contribution in [3.63, 3.8) is 0 Å². The second-order valence-electron chi connectivity index (χ2n) is 12.9. The van der Waals surface area contributed by atoms with Crippen LogP contribution in [0.1, 0.15) is 61.8 Å². The smallest absolute Gasteiger partial charge is 0.311 e. The Morgan fingerprint density at radius 1 is 1.17 bits per heavy atom. The van der Waals surface area contributed by atoms with Crippen LogP contribution in [0.25, 0.3) is 0 Å². The monoisotopic (exact) mass is 504 g/mol. The van der Waals surface area contributed by atoms with Crippen molar-refractivity contribution in [2.75, 3.05) is 13.7 Å². The number of carbonyl (C=O) groups excluding carboxylic acids is 3. The molecule has 2 N–H and O–H groups in total. The summed E-state index contributed by atoms with van der Waals surface area (Å²) in [5, 5.41) is 24.5. The number of hydrogen-bond acceptors (Lipinski definition) is 8. The molecular formula is C28H40O8. The molecule has 0 spiro atoms. The van der Waals surface area contributed by atoms with Gasteiger partial charge in [0.1, 0.15) is 23.9 Å². The summed E-state index contributed by atoms with van der Waals surface area (Å²) in [6.45, 7) is 13.9. The topological polar surface area (TPSA) is 119 Å². The van der Waals surface area contributed by atoms with E-state index in [1.165, 1.54) is 14.0 Å². The average Bonchev–Trinajstić information content (AvgIpc) is 3.17. The predicted molar refractivity (Wildman–Crippen MR) is 130 cm³/mol. The van der Waals surface area contributed by atoms with E-state index in [0.717, 1.165) is 0 Å². The van der Waals surface area contributed by atoms with Gasteiger partial charge in [-0.1, -0.05) is 32.9 Å². The van der Waals surface area contributed by atoms with Crippen molar-refractivity contribution in [2.45, 2.75) is 84.7 Å².